The molecule has 4 aromatic rings. The van der Waals surface area contributed by atoms with E-state index >= 15 is 0 Å². The van der Waals surface area contributed by atoms with Gasteiger partial charge in [-0.3, -0.25) is 19.7 Å². The minimum Gasteiger partial charge on any atom is -0.339 e. The minimum atomic E-state index is -0.241. The summed E-state index contributed by atoms with van der Waals surface area (Å²) in [6, 6.07) is 15.0. The summed E-state index contributed by atoms with van der Waals surface area (Å²) in [5.74, 6) is 1.33. The van der Waals surface area contributed by atoms with E-state index in [9.17, 15) is 4.79 Å². The van der Waals surface area contributed by atoms with Crippen molar-refractivity contribution in [3.8, 4) is 11.5 Å². The molecule has 4 heterocycles. The molecule has 0 unspecified atom stereocenters. The molecule has 8 nitrogen and oxygen atoms in total. The number of benzene rings is 1. The van der Waals surface area contributed by atoms with Gasteiger partial charge < -0.3 is 9.84 Å². The van der Waals surface area contributed by atoms with Crippen molar-refractivity contribution in [2.45, 2.75) is 31.7 Å². The Morgan fingerprint density at radius 1 is 1.06 bits per heavy atom. The highest BCUT2D eigenvalue weighted by atomic mass is 16.5. The maximum absolute atomic E-state index is 12.9. The van der Waals surface area contributed by atoms with Crippen LogP contribution in [0, 0.1) is 0 Å². The fraction of sp³-hybridized carbons (Fsp3) is 0.292. The number of aromatic nitrogens is 4. The summed E-state index contributed by atoms with van der Waals surface area (Å²) < 4.78 is 5.52. The normalized spacial score (nSPS) is 16.2. The van der Waals surface area contributed by atoms with E-state index in [1.165, 1.54) is 0 Å². The standard InChI is InChI=1S/C24H24N6O2/c1-16(23(31)27-20-9-4-8-19-18(20)6-5-13-25-19)30-14-10-17(11-15-30)24-28-22(29-32-24)21-7-2-3-12-26-21/h2-9,12-13,16-17H,10-11,14-15H2,1H3,(H,27,31)/t16-/m1/s1. The van der Waals surface area contributed by atoms with Crippen molar-refractivity contribution in [2.24, 2.45) is 0 Å². The quantitative estimate of drug-likeness (QED) is 0.515. The number of nitrogens with zero attached hydrogens (tertiary/aromatic N) is 5. The van der Waals surface area contributed by atoms with Gasteiger partial charge in [0.25, 0.3) is 0 Å². The molecule has 1 amide bonds. The Bertz CT molecular complexity index is 1210. The van der Waals surface area contributed by atoms with Crippen LogP contribution in [0.1, 0.15) is 31.6 Å². The van der Waals surface area contributed by atoms with E-state index in [1.54, 1.807) is 12.4 Å². The molecule has 5 rings (SSSR count). The Kier molecular flexibility index (Phi) is 5.60. The van der Waals surface area contributed by atoms with E-state index < -0.39 is 0 Å². The predicted octanol–water partition coefficient (Wildman–Crippen LogP) is 3.89. The zero-order valence-electron chi connectivity index (χ0n) is 17.8. The van der Waals surface area contributed by atoms with Crippen molar-refractivity contribution >= 4 is 22.5 Å². The highest BCUT2D eigenvalue weighted by molar-refractivity contribution is 6.02. The molecule has 1 aliphatic rings. The van der Waals surface area contributed by atoms with Gasteiger partial charge in [-0.1, -0.05) is 17.3 Å². The molecular formula is C24H24N6O2. The molecule has 1 atom stereocenters. The van der Waals surface area contributed by atoms with Crippen molar-refractivity contribution in [1.82, 2.24) is 25.0 Å². The summed E-state index contributed by atoms with van der Waals surface area (Å²) in [5.41, 5.74) is 2.35. The van der Waals surface area contributed by atoms with E-state index in [2.05, 4.69) is 30.3 Å². The third-order valence-corrected chi connectivity index (χ3v) is 6.05. The smallest absolute Gasteiger partial charge is 0.241 e. The Morgan fingerprint density at radius 3 is 2.72 bits per heavy atom. The molecule has 1 aromatic carbocycles. The summed E-state index contributed by atoms with van der Waals surface area (Å²) in [5, 5.41) is 8.10. The van der Waals surface area contributed by atoms with Crippen LogP contribution in [-0.2, 0) is 4.79 Å². The number of rotatable bonds is 5. The number of carbonyl (C=O) groups is 1. The van der Waals surface area contributed by atoms with Crippen LogP contribution in [0.4, 0.5) is 5.69 Å². The second kappa shape index (κ2) is 8.84. The van der Waals surface area contributed by atoms with E-state index in [0.717, 1.165) is 42.5 Å². The molecule has 0 aliphatic carbocycles. The first-order chi connectivity index (χ1) is 15.7. The van der Waals surface area contributed by atoms with E-state index in [0.29, 0.717) is 17.4 Å². The third kappa shape index (κ3) is 4.09. The summed E-state index contributed by atoms with van der Waals surface area (Å²) in [6.07, 6.45) is 5.19. The molecule has 1 fully saturated rings. The molecule has 3 aromatic heterocycles. The van der Waals surface area contributed by atoms with Crippen molar-refractivity contribution in [3.05, 3.63) is 66.8 Å². The average molecular weight is 428 g/mol. The molecule has 162 valence electrons. The second-order valence-electron chi connectivity index (χ2n) is 8.02. The first-order valence-electron chi connectivity index (χ1n) is 10.8. The van der Waals surface area contributed by atoms with Gasteiger partial charge in [0.15, 0.2) is 0 Å². The third-order valence-electron chi connectivity index (χ3n) is 6.05. The van der Waals surface area contributed by atoms with Gasteiger partial charge in [0.2, 0.25) is 17.6 Å². The van der Waals surface area contributed by atoms with Crippen LogP contribution in [0.2, 0.25) is 0 Å². The fourth-order valence-corrected chi connectivity index (χ4v) is 4.15. The average Bonchev–Trinajstić information content (AvgIpc) is 3.35. The molecule has 1 saturated heterocycles. The van der Waals surface area contributed by atoms with Gasteiger partial charge in [-0.05, 0) is 69.3 Å². The number of hydrogen-bond acceptors (Lipinski definition) is 7. The number of carbonyl (C=O) groups excluding carboxylic acids is 1. The van der Waals surface area contributed by atoms with Crippen LogP contribution < -0.4 is 5.32 Å². The molecule has 1 N–H and O–H groups in total. The second-order valence-corrected chi connectivity index (χ2v) is 8.02. The summed E-state index contributed by atoms with van der Waals surface area (Å²) in [6.45, 7) is 3.53. The van der Waals surface area contributed by atoms with Crippen molar-refractivity contribution in [2.75, 3.05) is 18.4 Å². The number of likely N-dealkylation sites (tertiary alicyclic amines) is 1. The van der Waals surface area contributed by atoms with Gasteiger partial charge in [0.05, 0.1) is 17.2 Å². The van der Waals surface area contributed by atoms with E-state index in [1.807, 2.05) is 55.5 Å². The van der Waals surface area contributed by atoms with Crippen LogP contribution >= 0.6 is 0 Å². The van der Waals surface area contributed by atoms with Crippen LogP contribution in [-0.4, -0.2) is 50.0 Å². The monoisotopic (exact) mass is 428 g/mol. The lowest BCUT2D eigenvalue weighted by atomic mass is 9.95. The number of piperidine rings is 1. The molecule has 0 saturated carbocycles. The number of hydrogen-bond donors (Lipinski definition) is 1. The van der Waals surface area contributed by atoms with Gasteiger partial charge >= 0.3 is 0 Å². The first kappa shape index (κ1) is 20.3. The van der Waals surface area contributed by atoms with Crippen LogP contribution in [0.25, 0.3) is 22.4 Å². The fourth-order valence-electron chi connectivity index (χ4n) is 4.15. The van der Waals surface area contributed by atoms with Crippen molar-refractivity contribution in [3.63, 3.8) is 0 Å². The lowest BCUT2D eigenvalue weighted by molar-refractivity contribution is -0.121. The largest absolute Gasteiger partial charge is 0.339 e. The maximum atomic E-state index is 12.9. The molecule has 32 heavy (non-hydrogen) atoms. The summed E-state index contributed by atoms with van der Waals surface area (Å²) in [4.78, 5) is 28.3. The van der Waals surface area contributed by atoms with Gasteiger partial charge in [-0.2, -0.15) is 4.98 Å². The van der Waals surface area contributed by atoms with Gasteiger partial charge in [-0.25, -0.2) is 0 Å². The minimum absolute atomic E-state index is 0.0185. The summed E-state index contributed by atoms with van der Waals surface area (Å²) in [7, 11) is 0. The van der Waals surface area contributed by atoms with Crippen LogP contribution in [0.5, 0.6) is 0 Å². The highest BCUT2D eigenvalue weighted by Crippen LogP contribution is 2.29. The number of fused-ring (bicyclic) bond motifs is 1. The molecule has 0 bridgehead atoms. The Morgan fingerprint density at radius 2 is 1.91 bits per heavy atom. The number of amides is 1. The first-order valence-corrected chi connectivity index (χ1v) is 10.8. The molecular weight excluding hydrogens is 404 g/mol. The van der Waals surface area contributed by atoms with Gasteiger partial charge in [0, 0.05) is 23.7 Å². The number of anilines is 1. The summed E-state index contributed by atoms with van der Waals surface area (Å²) >= 11 is 0. The molecule has 8 heteroatoms. The van der Waals surface area contributed by atoms with E-state index in [4.69, 9.17) is 4.52 Å². The highest BCUT2D eigenvalue weighted by Gasteiger charge is 2.30. The van der Waals surface area contributed by atoms with Crippen LogP contribution in [0.15, 0.2) is 65.4 Å². The number of pyridine rings is 2. The molecule has 1 aliphatic heterocycles. The van der Waals surface area contributed by atoms with Gasteiger partial charge in [-0.15, -0.1) is 0 Å². The van der Waals surface area contributed by atoms with Gasteiger partial charge in [0.1, 0.15) is 5.69 Å². The zero-order valence-corrected chi connectivity index (χ0v) is 17.8. The Labute approximate surface area is 185 Å². The molecule has 0 spiro atoms. The lowest BCUT2D eigenvalue weighted by Gasteiger charge is -2.34. The topological polar surface area (TPSA) is 97.0 Å². The van der Waals surface area contributed by atoms with Crippen molar-refractivity contribution in [1.29, 1.82) is 0 Å². The number of nitrogens with one attached hydrogen (secondary N) is 1. The Hall–Kier alpha value is -3.65. The van der Waals surface area contributed by atoms with Crippen molar-refractivity contribution < 1.29 is 9.32 Å². The van der Waals surface area contributed by atoms with E-state index in [-0.39, 0.29) is 17.9 Å². The van der Waals surface area contributed by atoms with Crippen LogP contribution in [0.3, 0.4) is 0 Å². The molecule has 0 radical (unpaired) electrons. The predicted molar refractivity (Wildman–Crippen MR) is 121 cm³/mol. The zero-order chi connectivity index (χ0) is 21.9. The maximum Gasteiger partial charge on any atom is 0.241 e. The Balaban J connectivity index is 1.20. The SMILES string of the molecule is C[C@H](C(=O)Nc1cccc2ncccc12)N1CCC(c2nc(-c3ccccn3)no2)CC1. The lowest BCUT2D eigenvalue weighted by Crippen LogP contribution is -2.45.